The van der Waals surface area contributed by atoms with Gasteiger partial charge in [-0.3, -0.25) is 0 Å². The van der Waals surface area contributed by atoms with Crippen LogP contribution < -0.4 is 5.32 Å². The van der Waals surface area contributed by atoms with E-state index < -0.39 is 0 Å². The zero-order valence-electron chi connectivity index (χ0n) is 11.1. The van der Waals surface area contributed by atoms with Gasteiger partial charge in [0.15, 0.2) is 0 Å². The van der Waals surface area contributed by atoms with Gasteiger partial charge in [-0.1, -0.05) is 25.7 Å². The monoisotopic (exact) mass is 241 g/mol. The van der Waals surface area contributed by atoms with E-state index in [1.165, 1.54) is 25.7 Å². The van der Waals surface area contributed by atoms with E-state index in [2.05, 4.69) is 12.2 Å². The van der Waals surface area contributed by atoms with Gasteiger partial charge in [-0.2, -0.15) is 0 Å². The van der Waals surface area contributed by atoms with Crippen molar-refractivity contribution < 1.29 is 9.84 Å². The maximum atomic E-state index is 10.1. The van der Waals surface area contributed by atoms with Gasteiger partial charge >= 0.3 is 0 Å². The smallest absolute Gasteiger partial charge is 0.0667 e. The fraction of sp³-hybridized carbons (Fsp3) is 1.00. The quantitative estimate of drug-likeness (QED) is 0.774. The van der Waals surface area contributed by atoms with Crippen LogP contribution in [0.2, 0.25) is 0 Å². The fourth-order valence-electron chi connectivity index (χ4n) is 3.08. The Labute approximate surface area is 105 Å². The first-order valence-electron chi connectivity index (χ1n) is 7.19. The minimum atomic E-state index is -0.169. The molecule has 0 radical (unpaired) electrons. The molecule has 1 aliphatic heterocycles. The van der Waals surface area contributed by atoms with E-state index >= 15 is 0 Å². The van der Waals surface area contributed by atoms with Crippen LogP contribution in [0, 0.1) is 5.92 Å². The van der Waals surface area contributed by atoms with Crippen molar-refractivity contribution in [3.8, 4) is 0 Å². The summed E-state index contributed by atoms with van der Waals surface area (Å²) in [5, 5.41) is 13.6. The minimum Gasteiger partial charge on any atom is -0.392 e. The molecule has 1 heterocycles. The summed E-state index contributed by atoms with van der Waals surface area (Å²) in [7, 11) is 0. The predicted octanol–water partition coefficient (Wildman–Crippen LogP) is 2.09. The van der Waals surface area contributed by atoms with E-state index in [1.54, 1.807) is 0 Å². The highest BCUT2D eigenvalue weighted by molar-refractivity contribution is 4.86. The lowest BCUT2D eigenvalue weighted by Crippen LogP contribution is -2.49. The molecular formula is C14H27NO2. The molecule has 1 aliphatic carbocycles. The predicted molar refractivity (Wildman–Crippen MR) is 69.0 cm³/mol. The van der Waals surface area contributed by atoms with E-state index in [4.69, 9.17) is 4.74 Å². The van der Waals surface area contributed by atoms with Crippen molar-refractivity contribution in [2.24, 2.45) is 5.92 Å². The molecule has 1 unspecified atom stereocenters. The first-order valence-corrected chi connectivity index (χ1v) is 7.19. The largest absolute Gasteiger partial charge is 0.392 e. The molecule has 1 atom stereocenters. The molecule has 0 spiro atoms. The molecule has 1 saturated carbocycles. The average Bonchev–Trinajstić information content (AvgIpc) is 2.80. The molecule has 0 amide bonds. The molecule has 100 valence electrons. The maximum absolute atomic E-state index is 10.1. The number of nitrogens with one attached hydrogen (secondary N) is 1. The molecule has 1 saturated heterocycles. The number of hydrogen-bond donors (Lipinski definition) is 2. The lowest BCUT2D eigenvalue weighted by atomic mass is 9.92. The zero-order valence-corrected chi connectivity index (χ0v) is 11.1. The van der Waals surface area contributed by atoms with Crippen LogP contribution in [0.25, 0.3) is 0 Å². The zero-order chi connectivity index (χ0) is 12.1. The third-order valence-corrected chi connectivity index (χ3v) is 4.44. The molecule has 2 aliphatic rings. The van der Waals surface area contributed by atoms with Crippen molar-refractivity contribution >= 4 is 0 Å². The standard InChI is InChI=1S/C14H27NO2/c1-14(6-8-17-9-7-14)15-11-13(16)10-12-4-2-3-5-12/h12-13,15-16H,2-11H2,1H3. The van der Waals surface area contributed by atoms with E-state index in [-0.39, 0.29) is 11.6 Å². The maximum Gasteiger partial charge on any atom is 0.0667 e. The lowest BCUT2D eigenvalue weighted by molar-refractivity contribution is 0.0370. The molecule has 3 heteroatoms. The number of β-amino-alcohol motifs (C(OH)–C–C–N with tert-alkyl or cyclic N) is 1. The Hall–Kier alpha value is -0.120. The van der Waals surface area contributed by atoms with Crippen molar-refractivity contribution in [2.75, 3.05) is 19.8 Å². The van der Waals surface area contributed by atoms with Crippen LogP contribution in [0.15, 0.2) is 0 Å². The molecule has 0 aromatic carbocycles. The number of hydrogen-bond acceptors (Lipinski definition) is 3. The number of rotatable bonds is 5. The van der Waals surface area contributed by atoms with E-state index in [0.717, 1.165) is 44.9 Å². The Morgan fingerprint density at radius 1 is 1.29 bits per heavy atom. The molecular weight excluding hydrogens is 214 g/mol. The second kappa shape index (κ2) is 6.17. The van der Waals surface area contributed by atoms with Crippen molar-refractivity contribution in [1.82, 2.24) is 5.32 Å². The molecule has 0 bridgehead atoms. The van der Waals surface area contributed by atoms with Crippen molar-refractivity contribution in [1.29, 1.82) is 0 Å². The Morgan fingerprint density at radius 3 is 2.59 bits per heavy atom. The first-order chi connectivity index (χ1) is 8.18. The van der Waals surface area contributed by atoms with Crippen molar-refractivity contribution in [3.05, 3.63) is 0 Å². The van der Waals surface area contributed by atoms with Crippen LogP contribution in [0.4, 0.5) is 0 Å². The second-order valence-electron chi connectivity index (χ2n) is 6.09. The highest BCUT2D eigenvalue weighted by atomic mass is 16.5. The number of aliphatic hydroxyl groups excluding tert-OH is 1. The summed E-state index contributed by atoms with van der Waals surface area (Å²) in [5.41, 5.74) is 0.176. The van der Waals surface area contributed by atoms with Gasteiger partial charge in [0.05, 0.1) is 6.10 Å². The molecule has 2 rings (SSSR count). The third kappa shape index (κ3) is 4.23. The summed E-state index contributed by atoms with van der Waals surface area (Å²) in [4.78, 5) is 0. The molecule has 0 aromatic rings. The van der Waals surface area contributed by atoms with Crippen LogP contribution in [-0.2, 0) is 4.74 Å². The van der Waals surface area contributed by atoms with Crippen LogP contribution in [-0.4, -0.2) is 36.5 Å². The number of aliphatic hydroxyl groups is 1. The Bertz CT molecular complexity index is 220. The normalized spacial score (nSPS) is 27.2. The van der Waals surface area contributed by atoms with Crippen molar-refractivity contribution in [3.63, 3.8) is 0 Å². The summed E-state index contributed by atoms with van der Waals surface area (Å²) in [6.07, 6.45) is 8.30. The molecule has 0 aromatic heterocycles. The van der Waals surface area contributed by atoms with Gasteiger partial charge in [-0.15, -0.1) is 0 Å². The third-order valence-electron chi connectivity index (χ3n) is 4.44. The van der Waals surface area contributed by atoms with E-state index in [9.17, 15) is 5.11 Å². The lowest BCUT2D eigenvalue weighted by Gasteiger charge is -2.35. The van der Waals surface area contributed by atoms with Gasteiger partial charge in [-0.05, 0) is 32.1 Å². The van der Waals surface area contributed by atoms with Gasteiger partial charge < -0.3 is 15.2 Å². The van der Waals surface area contributed by atoms with Gasteiger partial charge in [0.1, 0.15) is 0 Å². The van der Waals surface area contributed by atoms with Crippen molar-refractivity contribution in [2.45, 2.75) is 63.5 Å². The highest BCUT2D eigenvalue weighted by Crippen LogP contribution is 2.28. The van der Waals surface area contributed by atoms with Gasteiger partial charge in [0.2, 0.25) is 0 Å². The molecule has 17 heavy (non-hydrogen) atoms. The first kappa shape index (κ1) is 13.3. The van der Waals surface area contributed by atoms with Crippen LogP contribution in [0.1, 0.15) is 51.9 Å². The molecule has 2 N–H and O–H groups in total. The Morgan fingerprint density at radius 2 is 1.94 bits per heavy atom. The van der Waals surface area contributed by atoms with Crippen LogP contribution in [0.5, 0.6) is 0 Å². The van der Waals surface area contributed by atoms with E-state index in [1.807, 2.05) is 0 Å². The summed E-state index contributed by atoms with van der Waals surface area (Å²) in [6.45, 7) is 4.69. The number of ether oxygens (including phenoxy) is 1. The summed E-state index contributed by atoms with van der Waals surface area (Å²) >= 11 is 0. The second-order valence-corrected chi connectivity index (χ2v) is 6.09. The molecule has 2 fully saturated rings. The topological polar surface area (TPSA) is 41.5 Å². The van der Waals surface area contributed by atoms with Crippen LogP contribution in [0.3, 0.4) is 0 Å². The average molecular weight is 241 g/mol. The Kier molecular flexibility index (Phi) is 4.83. The Balaban J connectivity index is 1.65. The summed E-state index contributed by atoms with van der Waals surface area (Å²) < 4.78 is 5.38. The SMILES string of the molecule is CC1(NCC(O)CC2CCCC2)CCOCC1. The van der Waals surface area contributed by atoms with Gasteiger partial charge in [0, 0.05) is 25.3 Å². The van der Waals surface area contributed by atoms with E-state index in [0.29, 0.717) is 0 Å². The van der Waals surface area contributed by atoms with Gasteiger partial charge in [-0.25, -0.2) is 0 Å². The highest BCUT2D eigenvalue weighted by Gasteiger charge is 2.27. The summed E-state index contributed by atoms with van der Waals surface area (Å²) in [6, 6.07) is 0. The fourth-order valence-corrected chi connectivity index (χ4v) is 3.08. The van der Waals surface area contributed by atoms with Crippen LogP contribution >= 0.6 is 0 Å². The molecule has 3 nitrogen and oxygen atoms in total. The summed E-state index contributed by atoms with van der Waals surface area (Å²) in [5.74, 6) is 0.772. The van der Waals surface area contributed by atoms with Gasteiger partial charge in [0.25, 0.3) is 0 Å². The minimum absolute atomic E-state index is 0.169.